The van der Waals surface area contributed by atoms with E-state index in [0.29, 0.717) is 41.8 Å². The molecule has 1 aliphatic rings. The Morgan fingerprint density at radius 3 is 2.07 bits per heavy atom. The number of aryl methyl sites for hydroxylation is 1. The average molecular weight is 410 g/mol. The lowest BCUT2D eigenvalue weighted by Crippen LogP contribution is -2.36. The summed E-state index contributed by atoms with van der Waals surface area (Å²) in [4.78, 5) is 15.3. The van der Waals surface area contributed by atoms with Gasteiger partial charge in [-0.05, 0) is 47.9 Å². The maximum absolute atomic E-state index is 13.4. The van der Waals surface area contributed by atoms with E-state index in [0.717, 1.165) is 22.9 Å². The van der Waals surface area contributed by atoms with Crippen LogP contribution in [-0.2, 0) is 20.0 Å². The maximum Gasteiger partial charge on any atom is 0.270 e. The Morgan fingerprint density at radius 2 is 1.43 bits per heavy atom. The van der Waals surface area contributed by atoms with Gasteiger partial charge < -0.3 is 28.4 Å². The van der Waals surface area contributed by atoms with E-state index in [4.69, 9.17) is 18.9 Å². The number of carbonyl (C=O) groups excluding carboxylic acids is 1. The van der Waals surface area contributed by atoms with Gasteiger partial charge in [0.1, 0.15) is 17.2 Å². The van der Waals surface area contributed by atoms with Crippen LogP contribution in [0.1, 0.15) is 21.6 Å². The van der Waals surface area contributed by atoms with Crippen molar-refractivity contribution >= 4 is 16.8 Å². The fraction of sp³-hybridized carbons (Fsp3) is 0.348. The minimum absolute atomic E-state index is 0.0294. The molecule has 0 saturated carbocycles. The van der Waals surface area contributed by atoms with E-state index in [1.165, 1.54) is 5.56 Å². The summed E-state index contributed by atoms with van der Waals surface area (Å²) in [5.41, 5.74) is 3.68. The molecule has 1 aromatic heterocycles. The first-order valence-electron chi connectivity index (χ1n) is 9.75. The van der Waals surface area contributed by atoms with Crippen molar-refractivity contribution in [2.75, 3.05) is 35.0 Å². The Kier molecular flexibility index (Phi) is 5.20. The summed E-state index contributed by atoms with van der Waals surface area (Å²) in [6.45, 7) is 1.15. The summed E-state index contributed by atoms with van der Waals surface area (Å²) in [5.74, 6) is 2.77. The number of carbonyl (C=O) groups is 1. The lowest BCUT2D eigenvalue weighted by Gasteiger charge is -2.29. The molecule has 0 aliphatic carbocycles. The van der Waals surface area contributed by atoms with Gasteiger partial charge in [-0.2, -0.15) is 0 Å². The van der Waals surface area contributed by atoms with Gasteiger partial charge >= 0.3 is 0 Å². The van der Waals surface area contributed by atoms with Crippen molar-refractivity contribution < 1.29 is 23.7 Å². The monoisotopic (exact) mass is 410 g/mol. The molecule has 2 aromatic carbocycles. The Balaban J connectivity index is 1.71. The molecular weight excluding hydrogens is 384 g/mol. The Labute approximate surface area is 175 Å². The van der Waals surface area contributed by atoms with E-state index in [9.17, 15) is 4.79 Å². The molecule has 30 heavy (non-hydrogen) atoms. The van der Waals surface area contributed by atoms with Gasteiger partial charge in [0.05, 0.1) is 34.0 Å². The van der Waals surface area contributed by atoms with Gasteiger partial charge in [-0.15, -0.1) is 0 Å². The Bertz CT molecular complexity index is 1120. The second-order valence-corrected chi connectivity index (χ2v) is 7.27. The standard InChI is InChI=1S/C23H26N2O5/c1-24-17(12-16-18(27-2)6-7-19(28-3)22(16)24)23(26)25-9-8-14-10-20(29-4)21(30-5)11-15(14)13-25/h6-7,10-12H,8-9,13H2,1-5H3. The molecular formula is C23H26N2O5. The third-order valence-electron chi connectivity index (χ3n) is 5.78. The summed E-state index contributed by atoms with van der Waals surface area (Å²) in [5, 5.41) is 0.853. The number of ether oxygens (including phenoxy) is 4. The van der Waals surface area contributed by atoms with E-state index in [2.05, 4.69) is 0 Å². The van der Waals surface area contributed by atoms with Crippen LogP contribution in [-0.4, -0.2) is 50.4 Å². The number of methoxy groups -OCH3 is 4. The van der Waals surface area contributed by atoms with Crippen LogP contribution in [0.2, 0.25) is 0 Å². The van der Waals surface area contributed by atoms with E-state index in [-0.39, 0.29) is 5.91 Å². The lowest BCUT2D eigenvalue weighted by molar-refractivity contribution is 0.0725. The molecule has 0 bridgehead atoms. The van der Waals surface area contributed by atoms with Crippen molar-refractivity contribution in [1.29, 1.82) is 0 Å². The lowest BCUT2D eigenvalue weighted by atomic mass is 9.98. The van der Waals surface area contributed by atoms with Gasteiger partial charge in [0.15, 0.2) is 11.5 Å². The summed E-state index contributed by atoms with van der Waals surface area (Å²) in [6.07, 6.45) is 0.762. The van der Waals surface area contributed by atoms with Crippen molar-refractivity contribution in [2.45, 2.75) is 13.0 Å². The quantitative estimate of drug-likeness (QED) is 0.645. The van der Waals surface area contributed by atoms with Crippen LogP contribution in [0.25, 0.3) is 10.9 Å². The van der Waals surface area contributed by atoms with Crippen LogP contribution >= 0.6 is 0 Å². The van der Waals surface area contributed by atoms with E-state index < -0.39 is 0 Å². The summed E-state index contributed by atoms with van der Waals surface area (Å²) in [7, 11) is 8.37. The van der Waals surface area contributed by atoms with Crippen LogP contribution in [0.4, 0.5) is 0 Å². The number of aromatic nitrogens is 1. The number of hydrogen-bond acceptors (Lipinski definition) is 5. The van der Waals surface area contributed by atoms with Gasteiger partial charge in [0, 0.05) is 25.5 Å². The predicted octanol–water partition coefficient (Wildman–Crippen LogP) is 3.41. The molecule has 0 unspecified atom stereocenters. The molecule has 0 atom stereocenters. The highest BCUT2D eigenvalue weighted by Crippen LogP contribution is 2.37. The van der Waals surface area contributed by atoms with Crippen LogP contribution < -0.4 is 18.9 Å². The van der Waals surface area contributed by atoms with Gasteiger partial charge in [-0.25, -0.2) is 0 Å². The van der Waals surface area contributed by atoms with Gasteiger partial charge in [-0.1, -0.05) is 0 Å². The minimum atomic E-state index is -0.0294. The molecule has 158 valence electrons. The fourth-order valence-corrected chi connectivity index (χ4v) is 4.18. The molecule has 1 aliphatic heterocycles. The second-order valence-electron chi connectivity index (χ2n) is 7.27. The van der Waals surface area contributed by atoms with Crippen molar-refractivity contribution in [3.8, 4) is 23.0 Å². The zero-order valence-electron chi connectivity index (χ0n) is 17.9. The summed E-state index contributed by atoms with van der Waals surface area (Å²) in [6, 6.07) is 9.55. The molecule has 7 nitrogen and oxygen atoms in total. The molecule has 4 rings (SSSR count). The zero-order chi connectivity index (χ0) is 21.4. The van der Waals surface area contributed by atoms with Crippen LogP contribution in [0.3, 0.4) is 0 Å². The fourth-order valence-electron chi connectivity index (χ4n) is 4.18. The van der Waals surface area contributed by atoms with E-state index in [1.807, 2.05) is 46.8 Å². The largest absolute Gasteiger partial charge is 0.496 e. The van der Waals surface area contributed by atoms with Crippen molar-refractivity contribution in [1.82, 2.24) is 9.47 Å². The van der Waals surface area contributed by atoms with E-state index >= 15 is 0 Å². The van der Waals surface area contributed by atoms with Crippen LogP contribution in [0.15, 0.2) is 30.3 Å². The van der Waals surface area contributed by atoms with Crippen molar-refractivity contribution in [3.63, 3.8) is 0 Å². The Morgan fingerprint density at radius 1 is 0.833 bits per heavy atom. The third kappa shape index (κ3) is 3.10. The van der Waals surface area contributed by atoms with E-state index in [1.54, 1.807) is 28.4 Å². The second kappa shape index (κ2) is 7.82. The number of benzene rings is 2. The topological polar surface area (TPSA) is 62.2 Å². The number of amides is 1. The Hall–Kier alpha value is -3.35. The minimum Gasteiger partial charge on any atom is -0.496 e. The molecule has 2 heterocycles. The van der Waals surface area contributed by atoms with Gasteiger partial charge in [-0.3, -0.25) is 4.79 Å². The van der Waals surface area contributed by atoms with Crippen LogP contribution in [0, 0.1) is 0 Å². The first kappa shape index (κ1) is 19.9. The number of rotatable bonds is 5. The number of hydrogen-bond donors (Lipinski definition) is 0. The zero-order valence-corrected chi connectivity index (χ0v) is 17.9. The first-order valence-corrected chi connectivity index (χ1v) is 9.75. The molecule has 7 heteroatoms. The number of nitrogens with zero attached hydrogens (tertiary/aromatic N) is 2. The summed E-state index contributed by atoms with van der Waals surface area (Å²) >= 11 is 0. The normalized spacial score (nSPS) is 13.2. The molecule has 0 N–H and O–H groups in total. The van der Waals surface area contributed by atoms with Crippen molar-refractivity contribution in [3.05, 3.63) is 47.2 Å². The first-order chi connectivity index (χ1) is 14.5. The highest BCUT2D eigenvalue weighted by Gasteiger charge is 2.27. The summed E-state index contributed by atoms with van der Waals surface area (Å²) < 4.78 is 23.7. The molecule has 0 fully saturated rings. The van der Waals surface area contributed by atoms with Gasteiger partial charge in [0.25, 0.3) is 5.91 Å². The molecule has 1 amide bonds. The number of fused-ring (bicyclic) bond motifs is 2. The smallest absolute Gasteiger partial charge is 0.270 e. The highest BCUT2D eigenvalue weighted by atomic mass is 16.5. The molecule has 0 radical (unpaired) electrons. The highest BCUT2D eigenvalue weighted by molar-refractivity contribution is 6.02. The maximum atomic E-state index is 13.4. The predicted molar refractivity (Wildman–Crippen MR) is 114 cm³/mol. The third-order valence-corrected chi connectivity index (χ3v) is 5.78. The molecule has 3 aromatic rings. The van der Waals surface area contributed by atoms with Crippen molar-refractivity contribution in [2.24, 2.45) is 7.05 Å². The average Bonchev–Trinajstić information content (AvgIpc) is 3.14. The molecule has 0 saturated heterocycles. The van der Waals surface area contributed by atoms with Gasteiger partial charge in [0.2, 0.25) is 0 Å². The SMILES string of the molecule is COc1cc2c(cc1OC)CN(C(=O)c1cc3c(OC)ccc(OC)c3n1C)CC2. The molecule has 0 spiro atoms. The van der Waals surface area contributed by atoms with Crippen LogP contribution in [0.5, 0.6) is 23.0 Å².